The summed E-state index contributed by atoms with van der Waals surface area (Å²) >= 11 is 0. The molecular formula is C16H22O4. The highest BCUT2D eigenvalue weighted by atomic mass is 16.4. The van der Waals surface area contributed by atoms with E-state index in [1.165, 1.54) is 11.1 Å². The number of carboxylic acid groups (broad SMARTS) is 2. The van der Waals surface area contributed by atoms with Gasteiger partial charge in [-0.15, -0.1) is 0 Å². The van der Waals surface area contributed by atoms with Gasteiger partial charge in [-0.25, -0.2) is 0 Å². The van der Waals surface area contributed by atoms with Crippen LogP contribution in [0.5, 0.6) is 0 Å². The second-order valence-electron chi connectivity index (χ2n) is 6.48. The van der Waals surface area contributed by atoms with Crippen molar-refractivity contribution < 1.29 is 19.8 Å². The van der Waals surface area contributed by atoms with Gasteiger partial charge in [-0.3, -0.25) is 9.59 Å². The van der Waals surface area contributed by atoms with E-state index in [0.717, 1.165) is 51.4 Å². The molecule has 0 aromatic heterocycles. The van der Waals surface area contributed by atoms with Crippen molar-refractivity contribution in [2.75, 3.05) is 0 Å². The van der Waals surface area contributed by atoms with E-state index in [2.05, 4.69) is 0 Å². The molecule has 0 spiro atoms. The molecule has 4 heteroatoms. The third-order valence-corrected chi connectivity index (χ3v) is 5.55. The molecule has 0 amide bonds. The lowest BCUT2D eigenvalue weighted by Crippen LogP contribution is -2.46. The highest BCUT2D eigenvalue weighted by Gasteiger charge is 2.51. The molecule has 3 rings (SSSR count). The van der Waals surface area contributed by atoms with Gasteiger partial charge < -0.3 is 10.2 Å². The van der Waals surface area contributed by atoms with Gasteiger partial charge in [0.1, 0.15) is 0 Å². The van der Waals surface area contributed by atoms with Gasteiger partial charge in [0, 0.05) is 0 Å². The van der Waals surface area contributed by atoms with Crippen LogP contribution in [0, 0.1) is 23.7 Å². The van der Waals surface area contributed by atoms with Gasteiger partial charge in [0.25, 0.3) is 0 Å². The molecule has 20 heavy (non-hydrogen) atoms. The Balaban J connectivity index is 2.09. The Hall–Kier alpha value is -1.32. The Morgan fingerprint density at radius 2 is 1.15 bits per heavy atom. The van der Waals surface area contributed by atoms with Gasteiger partial charge in [0.2, 0.25) is 0 Å². The van der Waals surface area contributed by atoms with Crippen LogP contribution in [0.1, 0.15) is 51.4 Å². The zero-order valence-electron chi connectivity index (χ0n) is 11.7. The van der Waals surface area contributed by atoms with Gasteiger partial charge in [0.15, 0.2) is 0 Å². The summed E-state index contributed by atoms with van der Waals surface area (Å²) in [5.74, 6) is -3.29. The smallest absolute Gasteiger partial charge is 0.308 e. The van der Waals surface area contributed by atoms with Crippen molar-refractivity contribution in [3.05, 3.63) is 11.1 Å². The van der Waals surface area contributed by atoms with Crippen molar-refractivity contribution in [1.29, 1.82) is 0 Å². The zero-order valence-corrected chi connectivity index (χ0v) is 11.7. The van der Waals surface area contributed by atoms with Crippen molar-refractivity contribution in [2.24, 2.45) is 23.7 Å². The van der Waals surface area contributed by atoms with Crippen molar-refractivity contribution in [3.8, 4) is 0 Å². The molecule has 3 aliphatic carbocycles. The summed E-state index contributed by atoms with van der Waals surface area (Å²) < 4.78 is 0. The Morgan fingerprint density at radius 1 is 0.750 bits per heavy atom. The molecule has 2 saturated carbocycles. The van der Waals surface area contributed by atoms with Crippen LogP contribution in [0.2, 0.25) is 0 Å². The second kappa shape index (κ2) is 5.23. The third kappa shape index (κ3) is 2.05. The summed E-state index contributed by atoms with van der Waals surface area (Å²) in [6.45, 7) is 0. The van der Waals surface area contributed by atoms with Crippen molar-refractivity contribution in [3.63, 3.8) is 0 Å². The maximum Gasteiger partial charge on any atom is 0.308 e. The number of hydrogen-bond donors (Lipinski definition) is 2. The van der Waals surface area contributed by atoms with Crippen LogP contribution in [0.15, 0.2) is 11.1 Å². The van der Waals surface area contributed by atoms with Crippen molar-refractivity contribution in [2.45, 2.75) is 51.4 Å². The first kappa shape index (κ1) is 13.7. The summed E-state index contributed by atoms with van der Waals surface area (Å²) in [6.07, 6.45) is 8.01. The average Bonchev–Trinajstić information content (AvgIpc) is 2.45. The summed E-state index contributed by atoms with van der Waals surface area (Å²) in [4.78, 5) is 23.4. The molecule has 0 bridgehead atoms. The summed E-state index contributed by atoms with van der Waals surface area (Å²) in [5.41, 5.74) is 2.65. The highest BCUT2D eigenvalue weighted by molar-refractivity contribution is 5.82. The zero-order chi connectivity index (χ0) is 14.3. The highest BCUT2D eigenvalue weighted by Crippen LogP contribution is 2.52. The topological polar surface area (TPSA) is 74.6 Å². The van der Waals surface area contributed by atoms with Crippen molar-refractivity contribution in [1.82, 2.24) is 0 Å². The SMILES string of the molecule is O=C(O)[C@@H]1[C@@H](C(=O)O)[C@@H]2CCCCC2=C2CCCC[C@H]21. The van der Waals surface area contributed by atoms with Crippen LogP contribution >= 0.6 is 0 Å². The number of carbonyl (C=O) groups is 2. The van der Waals surface area contributed by atoms with E-state index in [-0.39, 0.29) is 11.8 Å². The predicted molar refractivity (Wildman–Crippen MR) is 73.2 cm³/mol. The number of aliphatic carboxylic acids is 2. The molecule has 0 aliphatic heterocycles. The largest absolute Gasteiger partial charge is 0.481 e. The van der Waals surface area contributed by atoms with Crippen LogP contribution in [-0.4, -0.2) is 22.2 Å². The van der Waals surface area contributed by atoms with Gasteiger partial charge in [-0.2, -0.15) is 0 Å². The van der Waals surface area contributed by atoms with E-state index >= 15 is 0 Å². The first-order valence-electron chi connectivity index (χ1n) is 7.78. The first-order valence-corrected chi connectivity index (χ1v) is 7.78. The molecule has 3 aliphatic rings. The lowest BCUT2D eigenvalue weighted by Gasteiger charge is -2.46. The third-order valence-electron chi connectivity index (χ3n) is 5.55. The van der Waals surface area contributed by atoms with E-state index in [1.54, 1.807) is 0 Å². The number of allylic oxidation sites excluding steroid dienone is 2. The second-order valence-corrected chi connectivity index (χ2v) is 6.48. The van der Waals surface area contributed by atoms with E-state index in [1.807, 2.05) is 0 Å². The van der Waals surface area contributed by atoms with Gasteiger partial charge in [-0.05, 0) is 50.4 Å². The van der Waals surface area contributed by atoms with Crippen LogP contribution < -0.4 is 0 Å². The van der Waals surface area contributed by atoms with Crippen LogP contribution in [0.25, 0.3) is 0 Å². The molecule has 4 nitrogen and oxygen atoms in total. The Kier molecular flexibility index (Phi) is 3.57. The van der Waals surface area contributed by atoms with Crippen LogP contribution in [0.3, 0.4) is 0 Å². The predicted octanol–water partition coefficient (Wildman–Crippen LogP) is 3.08. The van der Waals surface area contributed by atoms with E-state index in [4.69, 9.17) is 0 Å². The fourth-order valence-electron chi connectivity index (χ4n) is 4.82. The monoisotopic (exact) mass is 278 g/mol. The van der Waals surface area contributed by atoms with Gasteiger partial charge in [0.05, 0.1) is 11.8 Å². The average molecular weight is 278 g/mol. The number of hydrogen-bond acceptors (Lipinski definition) is 2. The summed E-state index contributed by atoms with van der Waals surface area (Å²) in [6, 6.07) is 0. The molecule has 0 heterocycles. The molecule has 2 fully saturated rings. The molecule has 2 N–H and O–H groups in total. The van der Waals surface area contributed by atoms with E-state index in [0.29, 0.717) is 0 Å². The molecule has 110 valence electrons. The molecule has 0 unspecified atom stereocenters. The fraction of sp³-hybridized carbons (Fsp3) is 0.750. The van der Waals surface area contributed by atoms with Crippen molar-refractivity contribution >= 4 is 11.9 Å². The molecule has 0 saturated heterocycles. The minimum absolute atomic E-state index is 0.0216. The van der Waals surface area contributed by atoms with E-state index in [9.17, 15) is 19.8 Å². The maximum atomic E-state index is 11.7. The standard InChI is InChI=1S/C16H22O4/c17-15(18)13-11-7-3-1-5-9(11)10-6-2-4-8-12(10)14(13)16(19)20/h11-14H,1-8H2,(H,17,18)(H,19,20)/t11-,12-,13+,14+/m1/s1. The Labute approximate surface area is 118 Å². The van der Waals surface area contributed by atoms with Gasteiger partial charge >= 0.3 is 11.9 Å². The summed E-state index contributed by atoms with van der Waals surface area (Å²) in [5, 5.41) is 19.2. The van der Waals surface area contributed by atoms with Crippen LogP contribution in [-0.2, 0) is 9.59 Å². The quantitative estimate of drug-likeness (QED) is 0.761. The maximum absolute atomic E-state index is 11.7. The molecule has 0 radical (unpaired) electrons. The van der Waals surface area contributed by atoms with Gasteiger partial charge in [-0.1, -0.05) is 24.0 Å². The number of carboxylic acids is 2. The van der Waals surface area contributed by atoms with Crippen LogP contribution in [0.4, 0.5) is 0 Å². The minimum Gasteiger partial charge on any atom is -0.481 e. The minimum atomic E-state index is -0.911. The Morgan fingerprint density at radius 3 is 1.50 bits per heavy atom. The number of rotatable bonds is 2. The molecule has 4 atom stereocenters. The molecule has 0 aromatic rings. The molecule has 0 aromatic carbocycles. The lowest BCUT2D eigenvalue weighted by molar-refractivity contribution is -0.159. The fourth-order valence-corrected chi connectivity index (χ4v) is 4.82. The normalized spacial score (nSPS) is 37.0. The Bertz CT molecular complexity index is 423. The lowest BCUT2D eigenvalue weighted by atomic mass is 9.57. The van der Waals surface area contributed by atoms with E-state index < -0.39 is 23.8 Å². The molecular weight excluding hydrogens is 256 g/mol. The number of fused-ring (bicyclic) bond motifs is 2. The summed E-state index contributed by atoms with van der Waals surface area (Å²) in [7, 11) is 0. The first-order chi connectivity index (χ1) is 9.61.